The first-order valence-corrected chi connectivity index (χ1v) is 7.85. The molecule has 0 aliphatic carbocycles. The number of nitrogens with zero attached hydrogens (tertiary/aromatic N) is 2. The van der Waals surface area contributed by atoms with Crippen molar-refractivity contribution in [2.45, 2.75) is 34.1 Å². The van der Waals surface area contributed by atoms with Gasteiger partial charge >= 0.3 is 0 Å². The molecule has 4 nitrogen and oxygen atoms in total. The Labute approximate surface area is 136 Å². The number of carbonyl (C=O) groups is 1. The van der Waals surface area contributed by atoms with Crippen LogP contribution in [0.3, 0.4) is 0 Å². The van der Waals surface area contributed by atoms with Gasteiger partial charge in [0.2, 0.25) is 0 Å². The predicted octanol–water partition coefficient (Wildman–Crippen LogP) is 4.07. The number of aromatic nitrogens is 2. The minimum atomic E-state index is -0.110. The number of fused-ring (bicyclic) bond motifs is 1. The van der Waals surface area contributed by atoms with E-state index in [-0.39, 0.29) is 5.91 Å². The van der Waals surface area contributed by atoms with Crippen LogP contribution in [0.15, 0.2) is 36.5 Å². The molecule has 0 fully saturated rings. The smallest absolute Gasteiger partial charge is 0.257 e. The van der Waals surface area contributed by atoms with E-state index in [0.29, 0.717) is 5.56 Å². The maximum atomic E-state index is 12.5. The number of amides is 1. The van der Waals surface area contributed by atoms with Crippen LogP contribution in [0.1, 0.15) is 39.8 Å². The third-order valence-electron chi connectivity index (χ3n) is 4.32. The lowest BCUT2D eigenvalue weighted by Crippen LogP contribution is -2.13. The van der Waals surface area contributed by atoms with Gasteiger partial charge in [-0.25, -0.2) is 4.98 Å². The third kappa shape index (κ3) is 2.84. The number of benzene rings is 1. The summed E-state index contributed by atoms with van der Waals surface area (Å²) in [5, 5.41) is 2.96. The zero-order valence-corrected chi connectivity index (χ0v) is 14.0. The van der Waals surface area contributed by atoms with E-state index >= 15 is 0 Å². The number of hydrogen-bond donors (Lipinski definition) is 1. The molecule has 0 unspecified atom stereocenters. The lowest BCUT2D eigenvalue weighted by molar-refractivity contribution is 0.102. The molecule has 1 amide bonds. The van der Waals surface area contributed by atoms with Crippen LogP contribution < -0.4 is 5.32 Å². The van der Waals surface area contributed by atoms with Gasteiger partial charge in [-0.15, -0.1) is 0 Å². The van der Waals surface area contributed by atoms with Gasteiger partial charge in [0.15, 0.2) is 0 Å². The highest BCUT2D eigenvalue weighted by Gasteiger charge is 2.11. The Kier molecular flexibility index (Phi) is 3.90. The van der Waals surface area contributed by atoms with Crippen LogP contribution in [0, 0.1) is 20.8 Å². The monoisotopic (exact) mass is 307 g/mol. The second-order valence-corrected chi connectivity index (χ2v) is 5.90. The molecule has 4 heteroatoms. The molecule has 0 spiro atoms. The van der Waals surface area contributed by atoms with Crippen LogP contribution in [0.2, 0.25) is 0 Å². The minimum Gasteiger partial charge on any atom is -0.322 e. The first-order valence-electron chi connectivity index (χ1n) is 7.85. The number of carbonyl (C=O) groups excluding carboxylic acids is 1. The Morgan fingerprint density at radius 3 is 2.61 bits per heavy atom. The molecule has 3 aromatic rings. The molecule has 3 rings (SSSR count). The third-order valence-corrected chi connectivity index (χ3v) is 4.32. The summed E-state index contributed by atoms with van der Waals surface area (Å²) in [5.74, 6) is -0.110. The molecule has 2 aromatic heterocycles. The highest BCUT2D eigenvalue weighted by Crippen LogP contribution is 2.17. The molecule has 0 saturated carbocycles. The Morgan fingerprint density at radius 1 is 1.13 bits per heavy atom. The molecular weight excluding hydrogens is 286 g/mol. The fourth-order valence-electron chi connectivity index (χ4n) is 2.70. The number of rotatable bonds is 3. The molecule has 0 radical (unpaired) electrons. The molecule has 118 valence electrons. The normalized spacial score (nSPS) is 11.0. The van der Waals surface area contributed by atoms with Crippen LogP contribution in [0.25, 0.3) is 5.65 Å². The fraction of sp³-hybridized carbons (Fsp3) is 0.263. The molecule has 0 saturated heterocycles. The molecule has 2 heterocycles. The average molecular weight is 307 g/mol. The minimum absolute atomic E-state index is 0.110. The van der Waals surface area contributed by atoms with Gasteiger partial charge in [-0.05, 0) is 62.6 Å². The molecule has 23 heavy (non-hydrogen) atoms. The summed E-state index contributed by atoms with van der Waals surface area (Å²) in [4.78, 5) is 17.1. The first-order chi connectivity index (χ1) is 11.0. The van der Waals surface area contributed by atoms with Crippen LogP contribution in [-0.2, 0) is 6.42 Å². The van der Waals surface area contributed by atoms with Crippen molar-refractivity contribution in [1.82, 2.24) is 9.38 Å². The van der Waals surface area contributed by atoms with Crippen molar-refractivity contribution in [2.24, 2.45) is 0 Å². The standard InChI is InChI=1S/C19H21N3O/c1-5-17-14(4)22-11-15(7-9-18(22)21-17)19(23)20-16-8-6-12(2)13(3)10-16/h6-11H,5H2,1-4H3,(H,20,23). The van der Waals surface area contributed by atoms with Crippen molar-refractivity contribution in [3.8, 4) is 0 Å². The largest absolute Gasteiger partial charge is 0.322 e. The van der Waals surface area contributed by atoms with Gasteiger partial charge in [-0.2, -0.15) is 0 Å². The van der Waals surface area contributed by atoms with Gasteiger partial charge in [0.1, 0.15) is 5.65 Å². The molecule has 0 bridgehead atoms. The van der Waals surface area contributed by atoms with Crippen LogP contribution in [-0.4, -0.2) is 15.3 Å². The zero-order valence-electron chi connectivity index (χ0n) is 14.0. The quantitative estimate of drug-likeness (QED) is 0.792. The maximum Gasteiger partial charge on any atom is 0.257 e. The fourth-order valence-corrected chi connectivity index (χ4v) is 2.70. The summed E-state index contributed by atoms with van der Waals surface area (Å²) in [5.41, 5.74) is 6.85. The maximum absolute atomic E-state index is 12.5. The van der Waals surface area contributed by atoms with Gasteiger partial charge in [-0.3, -0.25) is 4.79 Å². The predicted molar refractivity (Wildman–Crippen MR) is 93.2 cm³/mol. The van der Waals surface area contributed by atoms with Crippen molar-refractivity contribution in [2.75, 3.05) is 5.32 Å². The van der Waals surface area contributed by atoms with Gasteiger partial charge in [-0.1, -0.05) is 13.0 Å². The van der Waals surface area contributed by atoms with Gasteiger partial charge in [0.25, 0.3) is 5.91 Å². The van der Waals surface area contributed by atoms with Crippen molar-refractivity contribution >= 4 is 17.2 Å². The van der Waals surface area contributed by atoms with E-state index in [0.717, 1.165) is 34.7 Å². The van der Waals surface area contributed by atoms with E-state index in [2.05, 4.69) is 24.1 Å². The Morgan fingerprint density at radius 2 is 1.91 bits per heavy atom. The van der Waals surface area contributed by atoms with E-state index in [4.69, 9.17) is 0 Å². The van der Waals surface area contributed by atoms with E-state index < -0.39 is 0 Å². The number of nitrogens with one attached hydrogen (secondary N) is 1. The zero-order chi connectivity index (χ0) is 16.6. The average Bonchev–Trinajstić information content (AvgIpc) is 2.86. The summed E-state index contributed by atoms with van der Waals surface area (Å²) in [6, 6.07) is 9.64. The summed E-state index contributed by atoms with van der Waals surface area (Å²) < 4.78 is 1.98. The second-order valence-electron chi connectivity index (χ2n) is 5.90. The Bertz CT molecular complexity index is 893. The number of anilines is 1. The lowest BCUT2D eigenvalue weighted by atomic mass is 10.1. The van der Waals surface area contributed by atoms with E-state index in [1.165, 1.54) is 5.56 Å². The molecular formula is C19H21N3O. The van der Waals surface area contributed by atoms with Crippen molar-refractivity contribution in [1.29, 1.82) is 0 Å². The van der Waals surface area contributed by atoms with Crippen LogP contribution in [0.4, 0.5) is 5.69 Å². The van der Waals surface area contributed by atoms with Crippen molar-refractivity contribution in [3.63, 3.8) is 0 Å². The molecule has 0 aliphatic rings. The highest BCUT2D eigenvalue weighted by molar-refractivity contribution is 6.04. The summed E-state index contributed by atoms with van der Waals surface area (Å²) in [7, 11) is 0. The number of pyridine rings is 1. The lowest BCUT2D eigenvalue weighted by Gasteiger charge is -2.08. The van der Waals surface area contributed by atoms with Crippen molar-refractivity contribution < 1.29 is 4.79 Å². The van der Waals surface area contributed by atoms with E-state index in [1.54, 1.807) is 0 Å². The second kappa shape index (κ2) is 5.88. The summed E-state index contributed by atoms with van der Waals surface area (Å²) in [6.45, 7) is 8.21. The SMILES string of the molecule is CCc1nc2ccc(C(=O)Nc3ccc(C)c(C)c3)cn2c1C. The van der Waals surface area contributed by atoms with Crippen LogP contribution in [0.5, 0.6) is 0 Å². The number of imidazole rings is 1. The Balaban J connectivity index is 1.91. The molecule has 0 atom stereocenters. The molecule has 1 N–H and O–H groups in total. The van der Waals surface area contributed by atoms with E-state index in [9.17, 15) is 4.79 Å². The Hall–Kier alpha value is -2.62. The molecule has 1 aromatic carbocycles. The van der Waals surface area contributed by atoms with Crippen LogP contribution >= 0.6 is 0 Å². The number of hydrogen-bond acceptors (Lipinski definition) is 2. The van der Waals surface area contributed by atoms with Gasteiger partial charge < -0.3 is 9.72 Å². The van der Waals surface area contributed by atoms with E-state index in [1.807, 2.05) is 54.8 Å². The topological polar surface area (TPSA) is 46.4 Å². The summed E-state index contributed by atoms with van der Waals surface area (Å²) >= 11 is 0. The van der Waals surface area contributed by atoms with Gasteiger partial charge in [0, 0.05) is 17.6 Å². The highest BCUT2D eigenvalue weighted by atomic mass is 16.1. The summed E-state index contributed by atoms with van der Waals surface area (Å²) in [6.07, 6.45) is 2.74. The first kappa shape index (κ1) is 15.3. The number of aryl methyl sites for hydroxylation is 4. The van der Waals surface area contributed by atoms with Crippen molar-refractivity contribution in [3.05, 3.63) is 64.6 Å². The molecule has 0 aliphatic heterocycles. The van der Waals surface area contributed by atoms with Gasteiger partial charge in [0.05, 0.1) is 11.3 Å².